The number of carbonyl (C=O) groups is 1. The van der Waals surface area contributed by atoms with Crippen molar-refractivity contribution in [2.75, 3.05) is 25.5 Å². The number of amides is 2. The molecule has 1 aliphatic rings. The van der Waals surface area contributed by atoms with Gasteiger partial charge in [0.05, 0.1) is 19.3 Å². The molecule has 1 aromatic heterocycles. The van der Waals surface area contributed by atoms with Crippen molar-refractivity contribution in [1.82, 2.24) is 9.88 Å². The summed E-state index contributed by atoms with van der Waals surface area (Å²) in [6.45, 7) is 1.28. The summed E-state index contributed by atoms with van der Waals surface area (Å²) in [5.74, 6) is 1.43. The molecule has 24 heavy (non-hydrogen) atoms. The summed E-state index contributed by atoms with van der Waals surface area (Å²) in [6, 6.07) is 10.9. The molecule has 0 bridgehead atoms. The fourth-order valence-electron chi connectivity index (χ4n) is 2.77. The zero-order chi connectivity index (χ0) is 16.8. The monoisotopic (exact) mass is 327 g/mol. The fraction of sp³-hybridized carbons (Fsp3) is 0.333. The molecule has 126 valence electrons. The van der Waals surface area contributed by atoms with E-state index in [0.717, 1.165) is 25.1 Å². The summed E-state index contributed by atoms with van der Waals surface area (Å²) < 4.78 is 11.2. The van der Waals surface area contributed by atoms with Crippen LogP contribution in [0.3, 0.4) is 0 Å². The number of benzene rings is 1. The first-order valence-electron chi connectivity index (χ1n) is 8.02. The molecule has 1 fully saturated rings. The van der Waals surface area contributed by atoms with Crippen molar-refractivity contribution in [3.8, 4) is 11.5 Å². The molecular formula is C18H21N3O3. The van der Waals surface area contributed by atoms with Crippen molar-refractivity contribution in [2.24, 2.45) is 0 Å². The van der Waals surface area contributed by atoms with Crippen molar-refractivity contribution in [3.05, 3.63) is 48.8 Å². The predicted octanol–water partition coefficient (Wildman–Crippen LogP) is 3.17. The summed E-state index contributed by atoms with van der Waals surface area (Å²) >= 11 is 0. The van der Waals surface area contributed by atoms with Crippen molar-refractivity contribution >= 4 is 11.7 Å². The maximum Gasteiger partial charge on any atom is 0.322 e. The Hall–Kier alpha value is -2.76. The van der Waals surface area contributed by atoms with E-state index in [1.807, 2.05) is 36.4 Å². The van der Waals surface area contributed by atoms with Crippen molar-refractivity contribution in [2.45, 2.75) is 18.9 Å². The van der Waals surface area contributed by atoms with Crippen LogP contribution < -0.4 is 14.8 Å². The summed E-state index contributed by atoms with van der Waals surface area (Å²) in [7, 11) is 1.59. The maximum atomic E-state index is 12.5. The van der Waals surface area contributed by atoms with E-state index in [1.54, 1.807) is 24.4 Å². The van der Waals surface area contributed by atoms with Gasteiger partial charge in [0.1, 0.15) is 17.6 Å². The highest BCUT2D eigenvalue weighted by Crippen LogP contribution is 2.24. The highest BCUT2D eigenvalue weighted by Gasteiger charge is 2.25. The van der Waals surface area contributed by atoms with E-state index in [-0.39, 0.29) is 12.1 Å². The average Bonchev–Trinajstić information content (AvgIpc) is 2.63. The number of anilines is 1. The van der Waals surface area contributed by atoms with Gasteiger partial charge in [0.15, 0.2) is 0 Å². The fourth-order valence-corrected chi connectivity index (χ4v) is 2.77. The van der Waals surface area contributed by atoms with Gasteiger partial charge in [-0.3, -0.25) is 4.98 Å². The van der Waals surface area contributed by atoms with Crippen molar-refractivity contribution in [3.63, 3.8) is 0 Å². The highest BCUT2D eigenvalue weighted by molar-refractivity contribution is 5.91. The zero-order valence-corrected chi connectivity index (χ0v) is 13.6. The number of aromatic nitrogens is 1. The van der Waals surface area contributed by atoms with Gasteiger partial charge in [-0.1, -0.05) is 12.1 Å². The number of rotatable bonds is 4. The normalized spacial score (nSPS) is 17.2. The van der Waals surface area contributed by atoms with Gasteiger partial charge in [-0.15, -0.1) is 0 Å². The molecule has 3 rings (SSSR count). The van der Waals surface area contributed by atoms with Gasteiger partial charge in [-0.05, 0) is 37.1 Å². The van der Waals surface area contributed by atoms with Gasteiger partial charge in [-0.2, -0.15) is 0 Å². The first-order valence-corrected chi connectivity index (χ1v) is 8.02. The molecule has 2 amide bonds. The van der Waals surface area contributed by atoms with Crippen molar-refractivity contribution in [1.29, 1.82) is 0 Å². The molecule has 0 radical (unpaired) electrons. The number of nitrogens with one attached hydrogen (secondary N) is 1. The second-order valence-electron chi connectivity index (χ2n) is 5.64. The zero-order valence-electron chi connectivity index (χ0n) is 13.6. The number of hydrogen-bond donors (Lipinski definition) is 1. The Kier molecular flexibility index (Phi) is 5.15. The van der Waals surface area contributed by atoms with Gasteiger partial charge in [0.2, 0.25) is 0 Å². The summed E-state index contributed by atoms with van der Waals surface area (Å²) in [6.07, 6.45) is 5.23. The molecule has 0 spiro atoms. The third-order valence-electron chi connectivity index (χ3n) is 3.97. The average molecular weight is 327 g/mol. The predicted molar refractivity (Wildman–Crippen MR) is 91.5 cm³/mol. The third-order valence-corrected chi connectivity index (χ3v) is 3.97. The van der Waals surface area contributed by atoms with Crippen LogP contribution in [0.25, 0.3) is 0 Å². The molecule has 1 aliphatic heterocycles. The molecule has 1 unspecified atom stereocenters. The van der Waals surface area contributed by atoms with Crippen LogP contribution in [0.2, 0.25) is 0 Å². The van der Waals surface area contributed by atoms with E-state index in [0.29, 0.717) is 18.0 Å². The highest BCUT2D eigenvalue weighted by atomic mass is 16.5. The Morgan fingerprint density at radius 3 is 2.83 bits per heavy atom. The van der Waals surface area contributed by atoms with Gasteiger partial charge >= 0.3 is 6.03 Å². The molecule has 1 atom stereocenters. The number of pyridine rings is 1. The molecular weight excluding hydrogens is 306 g/mol. The Labute approximate surface area is 141 Å². The van der Waals surface area contributed by atoms with E-state index >= 15 is 0 Å². The maximum absolute atomic E-state index is 12.5. The van der Waals surface area contributed by atoms with E-state index in [9.17, 15) is 4.79 Å². The molecule has 2 aromatic rings. The van der Waals surface area contributed by atoms with Crippen LogP contribution in [0, 0.1) is 0 Å². The lowest BCUT2D eigenvalue weighted by Gasteiger charge is -2.33. The Morgan fingerprint density at radius 1 is 1.25 bits per heavy atom. The summed E-state index contributed by atoms with van der Waals surface area (Å²) in [4.78, 5) is 18.3. The topological polar surface area (TPSA) is 63.7 Å². The molecule has 1 N–H and O–H groups in total. The Bertz CT molecular complexity index is 678. The lowest BCUT2D eigenvalue weighted by molar-refractivity contribution is 0.106. The second kappa shape index (κ2) is 7.68. The molecule has 0 aliphatic carbocycles. The Morgan fingerprint density at radius 2 is 2.04 bits per heavy atom. The summed E-state index contributed by atoms with van der Waals surface area (Å²) in [5, 5.41) is 2.91. The number of piperidine rings is 1. The van der Waals surface area contributed by atoms with E-state index in [2.05, 4.69) is 10.3 Å². The van der Waals surface area contributed by atoms with E-state index < -0.39 is 0 Å². The lowest BCUT2D eigenvalue weighted by Crippen LogP contribution is -2.46. The van der Waals surface area contributed by atoms with Crippen LogP contribution in [0.5, 0.6) is 11.5 Å². The van der Waals surface area contributed by atoms with Gasteiger partial charge in [-0.25, -0.2) is 4.79 Å². The number of methoxy groups -OCH3 is 1. The van der Waals surface area contributed by atoms with Crippen molar-refractivity contribution < 1.29 is 14.3 Å². The SMILES string of the molecule is COc1ccccc1NC(=O)N1CCCC(Oc2ccncc2)C1. The number of carbonyl (C=O) groups excluding carboxylic acids is 1. The molecule has 2 heterocycles. The van der Waals surface area contributed by atoms with Gasteiger partial charge in [0.25, 0.3) is 0 Å². The molecule has 1 saturated heterocycles. The number of nitrogens with zero attached hydrogens (tertiary/aromatic N) is 2. The minimum absolute atomic E-state index is 0.00966. The van der Waals surface area contributed by atoms with Crippen LogP contribution in [0.4, 0.5) is 10.5 Å². The Balaban J connectivity index is 1.60. The number of likely N-dealkylation sites (tertiary alicyclic amines) is 1. The molecule has 6 heteroatoms. The summed E-state index contributed by atoms with van der Waals surface area (Å²) in [5.41, 5.74) is 0.669. The minimum Gasteiger partial charge on any atom is -0.495 e. The smallest absolute Gasteiger partial charge is 0.322 e. The quantitative estimate of drug-likeness (QED) is 0.937. The number of urea groups is 1. The van der Waals surface area contributed by atoms with Gasteiger partial charge < -0.3 is 19.7 Å². The number of hydrogen-bond acceptors (Lipinski definition) is 4. The van der Waals surface area contributed by atoms with Crippen LogP contribution in [0.1, 0.15) is 12.8 Å². The van der Waals surface area contributed by atoms with Crippen LogP contribution in [-0.2, 0) is 0 Å². The van der Waals surface area contributed by atoms with Crippen LogP contribution in [0.15, 0.2) is 48.8 Å². The molecule has 6 nitrogen and oxygen atoms in total. The minimum atomic E-state index is -0.137. The van der Waals surface area contributed by atoms with Gasteiger partial charge in [0, 0.05) is 18.9 Å². The largest absolute Gasteiger partial charge is 0.495 e. The first kappa shape index (κ1) is 16.1. The standard InChI is InChI=1S/C18H21N3O3/c1-23-17-7-3-2-6-16(17)20-18(22)21-12-4-5-15(13-21)24-14-8-10-19-11-9-14/h2-3,6-11,15H,4-5,12-13H2,1H3,(H,20,22). The van der Waals surface area contributed by atoms with Crippen LogP contribution >= 0.6 is 0 Å². The van der Waals surface area contributed by atoms with E-state index in [1.165, 1.54) is 0 Å². The molecule has 0 saturated carbocycles. The van der Waals surface area contributed by atoms with Crippen LogP contribution in [-0.4, -0.2) is 42.2 Å². The van der Waals surface area contributed by atoms with E-state index in [4.69, 9.17) is 9.47 Å². The number of ether oxygens (including phenoxy) is 2. The second-order valence-corrected chi connectivity index (χ2v) is 5.64. The first-order chi connectivity index (χ1) is 11.8. The third kappa shape index (κ3) is 3.95. The molecule has 1 aromatic carbocycles. The lowest BCUT2D eigenvalue weighted by atomic mass is 10.1. The number of para-hydroxylation sites is 2.